The van der Waals surface area contributed by atoms with Gasteiger partial charge in [-0.1, -0.05) is 0 Å². The Kier molecular flexibility index (Phi) is 5.08. The number of hydrogen-bond donors (Lipinski definition) is 2. The molecule has 0 aromatic heterocycles. The maximum absolute atomic E-state index is 13.5. The lowest BCUT2D eigenvalue weighted by molar-refractivity contribution is -0.118. The minimum absolute atomic E-state index is 0.131. The van der Waals surface area contributed by atoms with Gasteiger partial charge in [-0.2, -0.15) is 0 Å². The Bertz CT molecular complexity index is 456. The van der Waals surface area contributed by atoms with Crippen LogP contribution in [0, 0.1) is 11.6 Å². The van der Waals surface area contributed by atoms with E-state index < -0.39 is 23.2 Å². The largest absolute Gasteiger partial charge is 0.478 e. The summed E-state index contributed by atoms with van der Waals surface area (Å²) in [5.74, 6) is -3.85. The van der Waals surface area contributed by atoms with Crippen LogP contribution in [0.3, 0.4) is 0 Å². The van der Waals surface area contributed by atoms with E-state index in [0.29, 0.717) is 18.3 Å². The van der Waals surface area contributed by atoms with Crippen molar-refractivity contribution in [2.45, 2.75) is 11.8 Å². The zero-order chi connectivity index (χ0) is 13.7. The molecule has 0 radical (unpaired) electrons. The lowest BCUT2D eigenvalue weighted by atomic mass is 10.2. The minimum atomic E-state index is -1.41. The summed E-state index contributed by atoms with van der Waals surface area (Å²) in [5.41, 5.74) is -0.465. The number of carbonyl (C=O) groups excluding carboxylic acids is 1. The van der Waals surface area contributed by atoms with Gasteiger partial charge >= 0.3 is 5.97 Å². The van der Waals surface area contributed by atoms with Crippen molar-refractivity contribution in [2.24, 2.45) is 0 Å². The fraction of sp³-hybridized carbons (Fsp3) is 0.273. The van der Waals surface area contributed by atoms with Gasteiger partial charge in [0.1, 0.15) is 11.6 Å². The van der Waals surface area contributed by atoms with Crippen LogP contribution in [0.2, 0.25) is 0 Å². The fourth-order valence-electron chi connectivity index (χ4n) is 1.21. The first-order valence-corrected chi connectivity index (χ1v) is 6.06. The lowest BCUT2D eigenvalue weighted by Crippen LogP contribution is -2.24. The standard InChI is InChI=1S/C11H11F2NO3S/c1-2-14-9(15)5-18-10-7(12)3-6(11(16)17)4-8(10)13/h3-4H,2,5H2,1H3,(H,14,15)(H,16,17). The molecule has 0 heterocycles. The molecular formula is C11H11F2NO3S. The van der Waals surface area contributed by atoms with E-state index in [2.05, 4.69) is 5.32 Å². The van der Waals surface area contributed by atoms with Crippen molar-refractivity contribution < 1.29 is 23.5 Å². The highest BCUT2D eigenvalue weighted by atomic mass is 32.2. The topological polar surface area (TPSA) is 66.4 Å². The summed E-state index contributed by atoms with van der Waals surface area (Å²) in [5, 5.41) is 11.1. The number of nitrogens with one attached hydrogen (secondary N) is 1. The highest BCUT2D eigenvalue weighted by Gasteiger charge is 2.16. The Balaban J connectivity index is 2.84. The smallest absolute Gasteiger partial charge is 0.335 e. The molecule has 7 heteroatoms. The SMILES string of the molecule is CCNC(=O)CSc1c(F)cc(C(=O)O)cc1F. The molecule has 0 spiro atoms. The summed E-state index contributed by atoms with van der Waals surface area (Å²) < 4.78 is 26.9. The van der Waals surface area contributed by atoms with E-state index in [1.54, 1.807) is 6.92 Å². The average molecular weight is 275 g/mol. The second-order valence-electron chi connectivity index (χ2n) is 3.32. The van der Waals surface area contributed by atoms with Crippen LogP contribution in [-0.2, 0) is 4.79 Å². The van der Waals surface area contributed by atoms with Crippen molar-refractivity contribution in [3.8, 4) is 0 Å². The zero-order valence-corrected chi connectivity index (χ0v) is 10.3. The van der Waals surface area contributed by atoms with Crippen LogP contribution in [0.15, 0.2) is 17.0 Å². The first-order chi connectivity index (χ1) is 8.45. The molecule has 1 aromatic rings. The Hall–Kier alpha value is -1.63. The molecule has 0 aliphatic rings. The van der Waals surface area contributed by atoms with Crippen molar-refractivity contribution in [3.63, 3.8) is 0 Å². The van der Waals surface area contributed by atoms with Gasteiger partial charge in [-0.15, -0.1) is 11.8 Å². The van der Waals surface area contributed by atoms with E-state index in [4.69, 9.17) is 5.11 Å². The number of hydrogen-bond acceptors (Lipinski definition) is 3. The molecule has 0 unspecified atom stereocenters. The second kappa shape index (κ2) is 6.34. The van der Waals surface area contributed by atoms with E-state index in [1.807, 2.05) is 0 Å². The molecule has 0 aliphatic carbocycles. The summed E-state index contributed by atoms with van der Waals surface area (Å²) in [6.07, 6.45) is 0. The molecule has 0 saturated heterocycles. The average Bonchev–Trinajstić information content (AvgIpc) is 2.27. The van der Waals surface area contributed by atoms with E-state index in [9.17, 15) is 18.4 Å². The van der Waals surface area contributed by atoms with E-state index in [1.165, 1.54) is 0 Å². The number of thioether (sulfide) groups is 1. The number of carbonyl (C=O) groups is 2. The molecule has 98 valence electrons. The number of carboxylic acid groups (broad SMARTS) is 1. The summed E-state index contributed by atoms with van der Waals surface area (Å²) >= 11 is 0.687. The van der Waals surface area contributed by atoms with Gasteiger partial charge in [-0.3, -0.25) is 4.79 Å². The summed E-state index contributed by atoms with van der Waals surface area (Å²) in [6, 6.07) is 1.46. The van der Waals surface area contributed by atoms with Crippen LogP contribution in [0.5, 0.6) is 0 Å². The normalized spacial score (nSPS) is 10.2. The van der Waals surface area contributed by atoms with Crippen LogP contribution in [0.1, 0.15) is 17.3 Å². The van der Waals surface area contributed by atoms with E-state index in [-0.39, 0.29) is 16.6 Å². The molecule has 2 N–H and O–H groups in total. The molecule has 18 heavy (non-hydrogen) atoms. The third-order valence-corrected chi connectivity index (χ3v) is 3.05. The number of halogens is 2. The zero-order valence-electron chi connectivity index (χ0n) is 9.50. The third-order valence-electron chi connectivity index (χ3n) is 1.97. The quantitative estimate of drug-likeness (QED) is 0.805. The van der Waals surface area contributed by atoms with Crippen LogP contribution in [0.25, 0.3) is 0 Å². The molecule has 1 aromatic carbocycles. The lowest BCUT2D eigenvalue weighted by Gasteiger charge is -2.06. The molecule has 0 fully saturated rings. The molecule has 4 nitrogen and oxygen atoms in total. The number of amides is 1. The molecule has 0 saturated carbocycles. The summed E-state index contributed by atoms with van der Waals surface area (Å²) in [4.78, 5) is 21.4. The van der Waals surface area contributed by atoms with Gasteiger partial charge in [-0.05, 0) is 19.1 Å². The summed E-state index contributed by atoms with van der Waals surface area (Å²) in [6.45, 7) is 2.16. The van der Waals surface area contributed by atoms with Gasteiger partial charge in [0.15, 0.2) is 0 Å². The third kappa shape index (κ3) is 3.69. The van der Waals surface area contributed by atoms with E-state index >= 15 is 0 Å². The predicted octanol–water partition coefficient (Wildman–Crippen LogP) is 1.89. The molecular weight excluding hydrogens is 264 g/mol. The predicted molar refractivity (Wildman–Crippen MR) is 62.7 cm³/mol. The Morgan fingerprint density at radius 2 is 1.89 bits per heavy atom. The molecule has 1 amide bonds. The number of aromatic carboxylic acids is 1. The van der Waals surface area contributed by atoms with Gasteiger partial charge in [0.2, 0.25) is 5.91 Å². The Labute approximate surface area is 106 Å². The Morgan fingerprint density at radius 3 is 2.33 bits per heavy atom. The van der Waals surface area contributed by atoms with Gasteiger partial charge in [0.05, 0.1) is 16.2 Å². The highest BCUT2D eigenvalue weighted by molar-refractivity contribution is 8.00. The fourth-order valence-corrected chi connectivity index (χ4v) is 1.98. The van der Waals surface area contributed by atoms with Gasteiger partial charge < -0.3 is 10.4 Å². The van der Waals surface area contributed by atoms with Crippen LogP contribution >= 0.6 is 11.8 Å². The van der Waals surface area contributed by atoms with Gasteiger partial charge in [0, 0.05) is 6.54 Å². The monoisotopic (exact) mass is 275 g/mol. The van der Waals surface area contributed by atoms with Crippen molar-refractivity contribution in [3.05, 3.63) is 29.3 Å². The first kappa shape index (κ1) is 14.4. The molecule has 0 atom stereocenters. The van der Waals surface area contributed by atoms with Crippen LogP contribution in [-0.4, -0.2) is 29.3 Å². The van der Waals surface area contributed by atoms with Gasteiger partial charge in [0.25, 0.3) is 0 Å². The van der Waals surface area contributed by atoms with Crippen LogP contribution < -0.4 is 5.32 Å². The maximum atomic E-state index is 13.5. The molecule has 1 rings (SSSR count). The van der Waals surface area contributed by atoms with Gasteiger partial charge in [-0.25, -0.2) is 13.6 Å². The van der Waals surface area contributed by atoms with Crippen molar-refractivity contribution in [1.29, 1.82) is 0 Å². The van der Waals surface area contributed by atoms with Crippen molar-refractivity contribution >= 4 is 23.6 Å². The highest BCUT2D eigenvalue weighted by Crippen LogP contribution is 2.26. The summed E-state index contributed by atoms with van der Waals surface area (Å²) in [7, 11) is 0. The van der Waals surface area contributed by atoms with E-state index in [0.717, 1.165) is 12.1 Å². The van der Waals surface area contributed by atoms with Crippen molar-refractivity contribution in [2.75, 3.05) is 12.3 Å². The second-order valence-corrected chi connectivity index (χ2v) is 4.30. The number of carboxylic acids is 1. The van der Waals surface area contributed by atoms with Crippen molar-refractivity contribution in [1.82, 2.24) is 5.32 Å². The molecule has 0 aliphatic heterocycles. The molecule has 0 bridgehead atoms. The number of rotatable bonds is 5. The first-order valence-electron chi connectivity index (χ1n) is 5.07. The van der Waals surface area contributed by atoms with Crippen LogP contribution in [0.4, 0.5) is 8.78 Å². The Morgan fingerprint density at radius 1 is 1.33 bits per heavy atom. The number of benzene rings is 1. The maximum Gasteiger partial charge on any atom is 0.335 e. The minimum Gasteiger partial charge on any atom is -0.478 e.